The highest BCUT2D eigenvalue weighted by Crippen LogP contribution is 2.17. The van der Waals surface area contributed by atoms with Gasteiger partial charge in [-0.3, -0.25) is 9.59 Å². The molecular weight excluding hydrogens is 344 g/mol. The molecular formula is C22H26O5. The number of carbonyl (C=O) groups excluding carboxylic acids is 1. The van der Waals surface area contributed by atoms with Crippen molar-refractivity contribution >= 4 is 18.1 Å². The molecule has 0 N–H and O–H groups in total. The molecule has 1 aromatic carbocycles. The van der Waals surface area contributed by atoms with Crippen molar-refractivity contribution in [3.8, 4) is 11.5 Å². The normalized spacial score (nSPS) is 12.1. The molecule has 1 heterocycles. The van der Waals surface area contributed by atoms with Gasteiger partial charge in [0, 0.05) is 6.07 Å². The summed E-state index contributed by atoms with van der Waals surface area (Å²) < 4.78 is 15.8. The van der Waals surface area contributed by atoms with Gasteiger partial charge in [-0.2, -0.15) is 0 Å². The monoisotopic (exact) mass is 370 g/mol. The van der Waals surface area contributed by atoms with E-state index in [0.717, 1.165) is 30.6 Å². The largest absolute Gasteiger partial charge is 0.497 e. The molecule has 0 aliphatic carbocycles. The predicted molar refractivity (Wildman–Crippen MR) is 106 cm³/mol. The number of benzene rings is 1. The van der Waals surface area contributed by atoms with Gasteiger partial charge in [0.15, 0.2) is 0 Å². The van der Waals surface area contributed by atoms with E-state index in [1.54, 1.807) is 13.2 Å². The summed E-state index contributed by atoms with van der Waals surface area (Å²) in [6.07, 6.45) is 8.12. The first-order valence-corrected chi connectivity index (χ1v) is 9.24. The number of carbonyl (C=O) groups is 1. The summed E-state index contributed by atoms with van der Waals surface area (Å²) in [5, 5.41) is 0. The zero-order chi connectivity index (χ0) is 19.6. The van der Waals surface area contributed by atoms with Crippen LogP contribution >= 0.6 is 0 Å². The fourth-order valence-corrected chi connectivity index (χ4v) is 2.60. The van der Waals surface area contributed by atoms with Crippen LogP contribution in [-0.4, -0.2) is 13.1 Å². The molecule has 0 bridgehead atoms. The van der Waals surface area contributed by atoms with Crippen molar-refractivity contribution in [3.05, 3.63) is 58.1 Å². The Balaban J connectivity index is 2.04. The Labute approximate surface area is 159 Å². The summed E-state index contributed by atoms with van der Waals surface area (Å²) >= 11 is 0. The van der Waals surface area contributed by atoms with Crippen molar-refractivity contribution in [3.63, 3.8) is 0 Å². The van der Waals surface area contributed by atoms with Crippen molar-refractivity contribution in [1.29, 1.82) is 0 Å². The van der Waals surface area contributed by atoms with Crippen molar-refractivity contribution in [2.24, 2.45) is 5.92 Å². The molecule has 0 spiro atoms. The maximum Gasteiger partial charge on any atom is 0.314 e. The van der Waals surface area contributed by atoms with Gasteiger partial charge in [-0.1, -0.05) is 44.9 Å². The number of rotatable bonds is 9. The molecule has 0 aliphatic heterocycles. The molecule has 0 saturated heterocycles. The Morgan fingerprint density at radius 3 is 2.52 bits per heavy atom. The predicted octanol–water partition coefficient (Wildman–Crippen LogP) is 4.94. The van der Waals surface area contributed by atoms with Gasteiger partial charge in [0.1, 0.15) is 17.8 Å². The highest BCUT2D eigenvalue weighted by Gasteiger charge is 2.19. The number of unbranched alkanes of at least 4 members (excludes halogenated alkanes) is 1. The summed E-state index contributed by atoms with van der Waals surface area (Å²) in [6.45, 7) is 4.02. The van der Waals surface area contributed by atoms with Gasteiger partial charge >= 0.3 is 5.97 Å². The molecule has 0 amide bonds. The molecule has 5 heteroatoms. The van der Waals surface area contributed by atoms with Gasteiger partial charge in [-0.05, 0) is 36.6 Å². The van der Waals surface area contributed by atoms with Gasteiger partial charge in [0.05, 0.1) is 13.0 Å². The highest BCUT2D eigenvalue weighted by atomic mass is 16.5. The molecule has 1 atom stereocenters. The van der Waals surface area contributed by atoms with Crippen molar-refractivity contribution in [2.45, 2.75) is 39.5 Å². The molecule has 1 aromatic heterocycles. The summed E-state index contributed by atoms with van der Waals surface area (Å²) in [5.41, 5.74) is 0.560. The summed E-state index contributed by atoms with van der Waals surface area (Å²) in [5.74, 6) is 0.512. The SMILES string of the molecule is CCCCC(CC)C(=O)Oc1coc(C=Cc2ccc(OC)cc2)cc1=O. The zero-order valence-electron chi connectivity index (χ0n) is 16.1. The number of hydrogen-bond donors (Lipinski definition) is 0. The van der Waals surface area contributed by atoms with Crippen molar-refractivity contribution in [2.75, 3.05) is 7.11 Å². The Bertz CT molecular complexity index is 817. The number of hydrogen-bond acceptors (Lipinski definition) is 5. The molecule has 2 aromatic rings. The number of esters is 1. The number of ether oxygens (including phenoxy) is 2. The fourth-order valence-electron chi connectivity index (χ4n) is 2.60. The highest BCUT2D eigenvalue weighted by molar-refractivity contribution is 5.75. The van der Waals surface area contributed by atoms with Crippen molar-refractivity contribution < 1.29 is 18.7 Å². The lowest BCUT2D eigenvalue weighted by Crippen LogP contribution is -2.22. The third kappa shape index (κ3) is 6.13. The minimum Gasteiger partial charge on any atom is -0.497 e. The Hall–Kier alpha value is -2.82. The van der Waals surface area contributed by atoms with Crippen LogP contribution in [0.4, 0.5) is 0 Å². The molecule has 5 nitrogen and oxygen atoms in total. The lowest BCUT2D eigenvalue weighted by atomic mass is 10.00. The second-order valence-electron chi connectivity index (χ2n) is 6.29. The van der Waals surface area contributed by atoms with Crippen LogP contribution < -0.4 is 14.9 Å². The van der Waals surface area contributed by atoms with Gasteiger partial charge in [-0.15, -0.1) is 0 Å². The van der Waals surface area contributed by atoms with E-state index in [4.69, 9.17) is 13.9 Å². The quantitative estimate of drug-likeness (QED) is 0.585. The first-order chi connectivity index (χ1) is 13.1. The van der Waals surface area contributed by atoms with Crippen LogP contribution in [0.1, 0.15) is 50.9 Å². The molecule has 0 aliphatic rings. The van der Waals surface area contributed by atoms with E-state index in [-0.39, 0.29) is 23.1 Å². The minimum atomic E-state index is -0.380. The molecule has 27 heavy (non-hydrogen) atoms. The second-order valence-corrected chi connectivity index (χ2v) is 6.29. The second kappa shape index (κ2) is 10.4. The number of methoxy groups -OCH3 is 1. The smallest absolute Gasteiger partial charge is 0.314 e. The molecule has 0 saturated carbocycles. The van der Waals surface area contributed by atoms with Gasteiger partial charge in [0.2, 0.25) is 11.2 Å². The van der Waals surface area contributed by atoms with E-state index in [1.807, 2.05) is 37.3 Å². The fraction of sp³-hybridized carbons (Fsp3) is 0.364. The Morgan fingerprint density at radius 2 is 1.93 bits per heavy atom. The van der Waals surface area contributed by atoms with Gasteiger partial charge in [0.25, 0.3) is 0 Å². The Kier molecular flexibility index (Phi) is 7.86. The van der Waals surface area contributed by atoms with Crippen molar-refractivity contribution in [1.82, 2.24) is 0 Å². The summed E-state index contributed by atoms with van der Waals surface area (Å²) in [6, 6.07) is 8.80. The maximum atomic E-state index is 12.2. The lowest BCUT2D eigenvalue weighted by molar-refractivity contribution is -0.139. The van der Waals surface area contributed by atoms with E-state index in [1.165, 1.54) is 12.3 Å². The molecule has 0 radical (unpaired) electrons. The zero-order valence-corrected chi connectivity index (χ0v) is 16.1. The first-order valence-electron chi connectivity index (χ1n) is 9.24. The van der Waals surface area contributed by atoms with Crippen LogP contribution in [0.2, 0.25) is 0 Å². The van der Waals surface area contributed by atoms with Gasteiger partial charge in [-0.25, -0.2) is 0 Å². The van der Waals surface area contributed by atoms with Crippen LogP contribution in [0, 0.1) is 5.92 Å². The molecule has 144 valence electrons. The van der Waals surface area contributed by atoms with E-state index >= 15 is 0 Å². The average Bonchev–Trinajstić information content (AvgIpc) is 2.69. The van der Waals surface area contributed by atoms with E-state index in [9.17, 15) is 9.59 Å². The maximum absolute atomic E-state index is 12.2. The van der Waals surface area contributed by atoms with Crippen LogP contribution in [0.15, 0.2) is 45.8 Å². The summed E-state index contributed by atoms with van der Waals surface area (Å²) in [4.78, 5) is 24.4. The first kappa shape index (κ1) is 20.5. The Morgan fingerprint density at radius 1 is 1.19 bits per heavy atom. The van der Waals surface area contributed by atoms with Crippen LogP contribution in [0.25, 0.3) is 12.2 Å². The minimum absolute atomic E-state index is 0.0726. The molecule has 1 unspecified atom stereocenters. The lowest BCUT2D eigenvalue weighted by Gasteiger charge is -2.12. The third-order valence-corrected chi connectivity index (χ3v) is 4.32. The topological polar surface area (TPSA) is 65.7 Å². The summed E-state index contributed by atoms with van der Waals surface area (Å²) in [7, 11) is 1.61. The third-order valence-electron chi connectivity index (χ3n) is 4.32. The van der Waals surface area contributed by atoms with Crippen LogP contribution in [0.3, 0.4) is 0 Å². The average molecular weight is 370 g/mol. The standard InChI is InChI=1S/C22H26O5/c1-4-6-7-17(5-2)22(24)27-21-15-26-19(14-20(21)23)13-10-16-8-11-18(25-3)12-9-16/h8-15,17H,4-7H2,1-3H3. The molecule has 2 rings (SSSR count). The van der Waals surface area contributed by atoms with Gasteiger partial charge < -0.3 is 13.9 Å². The van der Waals surface area contributed by atoms with Crippen LogP contribution in [-0.2, 0) is 4.79 Å². The van der Waals surface area contributed by atoms with E-state index < -0.39 is 0 Å². The van der Waals surface area contributed by atoms with E-state index in [2.05, 4.69) is 6.92 Å². The van der Waals surface area contributed by atoms with E-state index in [0.29, 0.717) is 12.2 Å². The van der Waals surface area contributed by atoms with Crippen LogP contribution in [0.5, 0.6) is 11.5 Å². The molecule has 0 fully saturated rings.